The van der Waals surface area contributed by atoms with Crippen molar-refractivity contribution in [2.24, 2.45) is 11.8 Å². The second kappa shape index (κ2) is 6.71. The Morgan fingerprint density at radius 3 is 2.17 bits per heavy atom. The lowest BCUT2D eigenvalue weighted by Crippen LogP contribution is -2.43. The van der Waals surface area contributed by atoms with Gasteiger partial charge in [0.25, 0.3) is 0 Å². The van der Waals surface area contributed by atoms with Crippen LogP contribution in [0.2, 0.25) is 19.6 Å². The third kappa shape index (κ3) is 4.73. The van der Waals surface area contributed by atoms with Gasteiger partial charge in [-0.3, -0.25) is 4.79 Å². The molecule has 1 aliphatic carbocycles. The number of ether oxygens (including phenoxy) is 1. The summed E-state index contributed by atoms with van der Waals surface area (Å²) in [6.45, 7) is 8.51. The highest BCUT2D eigenvalue weighted by atomic mass is 28.4. The fourth-order valence-corrected chi connectivity index (χ4v) is 4.01. The first-order valence-corrected chi connectivity index (χ1v) is 10.5. The van der Waals surface area contributed by atoms with Crippen LogP contribution in [0.25, 0.3) is 0 Å². The minimum Gasteiger partial charge on any atom is -0.469 e. The van der Waals surface area contributed by atoms with Crippen LogP contribution in [0.3, 0.4) is 0 Å². The van der Waals surface area contributed by atoms with E-state index in [1.165, 1.54) is 39.2 Å². The van der Waals surface area contributed by atoms with Crippen molar-refractivity contribution < 1.29 is 14.0 Å². The van der Waals surface area contributed by atoms with Crippen LogP contribution in [0, 0.1) is 11.8 Å². The van der Waals surface area contributed by atoms with E-state index in [1.54, 1.807) is 0 Å². The summed E-state index contributed by atoms with van der Waals surface area (Å²) < 4.78 is 11.2. The van der Waals surface area contributed by atoms with Gasteiger partial charge in [0.2, 0.25) is 0 Å². The van der Waals surface area contributed by atoms with Crippen LogP contribution < -0.4 is 0 Å². The van der Waals surface area contributed by atoms with Crippen LogP contribution in [0.5, 0.6) is 0 Å². The van der Waals surface area contributed by atoms with Gasteiger partial charge in [0, 0.05) is 0 Å². The van der Waals surface area contributed by atoms with Crippen molar-refractivity contribution in [1.82, 2.24) is 0 Å². The summed E-state index contributed by atoms with van der Waals surface area (Å²) in [4.78, 5) is 11.8. The van der Waals surface area contributed by atoms with Crippen molar-refractivity contribution in [3.63, 3.8) is 0 Å². The Hall–Kier alpha value is -0.353. The normalized spacial score (nSPS) is 21.4. The number of hydrogen-bond donors (Lipinski definition) is 0. The molecule has 0 aromatic heterocycles. The summed E-state index contributed by atoms with van der Waals surface area (Å²) in [6.07, 6.45) is 6.29. The Bertz CT molecular complexity index is 267. The highest BCUT2D eigenvalue weighted by Gasteiger charge is 2.36. The molecule has 0 radical (unpaired) electrons. The van der Waals surface area contributed by atoms with Gasteiger partial charge in [-0.05, 0) is 45.3 Å². The molecule has 1 aliphatic rings. The van der Waals surface area contributed by atoms with Crippen molar-refractivity contribution in [2.45, 2.75) is 64.8 Å². The molecular formula is C14H28O3Si. The Kier molecular flexibility index (Phi) is 5.85. The number of methoxy groups -OCH3 is 1. The Morgan fingerprint density at radius 2 is 1.72 bits per heavy atom. The molecule has 0 spiro atoms. The van der Waals surface area contributed by atoms with E-state index in [2.05, 4.69) is 19.6 Å². The highest BCUT2D eigenvalue weighted by Crippen LogP contribution is 2.33. The van der Waals surface area contributed by atoms with E-state index in [1.807, 2.05) is 6.92 Å². The molecule has 1 rings (SSSR count). The zero-order chi connectivity index (χ0) is 13.8. The van der Waals surface area contributed by atoms with Crippen LogP contribution in [-0.4, -0.2) is 27.5 Å². The number of esters is 1. The molecule has 0 unspecified atom stereocenters. The van der Waals surface area contributed by atoms with Crippen LogP contribution in [0.15, 0.2) is 0 Å². The topological polar surface area (TPSA) is 35.5 Å². The van der Waals surface area contributed by atoms with E-state index in [-0.39, 0.29) is 18.0 Å². The molecule has 4 heteroatoms. The Morgan fingerprint density at radius 1 is 1.17 bits per heavy atom. The summed E-state index contributed by atoms with van der Waals surface area (Å²) in [5.41, 5.74) is 0. The lowest BCUT2D eigenvalue weighted by molar-refractivity contribution is -0.149. The van der Waals surface area contributed by atoms with Gasteiger partial charge in [-0.2, -0.15) is 0 Å². The zero-order valence-electron chi connectivity index (χ0n) is 12.5. The second-order valence-corrected chi connectivity index (χ2v) is 10.9. The molecule has 18 heavy (non-hydrogen) atoms. The van der Waals surface area contributed by atoms with Gasteiger partial charge in [-0.25, -0.2) is 0 Å². The molecule has 0 aromatic rings. The maximum atomic E-state index is 11.8. The molecule has 0 N–H and O–H groups in total. The van der Waals surface area contributed by atoms with Crippen molar-refractivity contribution in [3.05, 3.63) is 0 Å². The second-order valence-electron chi connectivity index (χ2n) is 6.40. The van der Waals surface area contributed by atoms with E-state index in [0.29, 0.717) is 5.92 Å². The monoisotopic (exact) mass is 272 g/mol. The number of carbonyl (C=O) groups excluding carboxylic acids is 1. The Labute approximate surface area is 112 Å². The lowest BCUT2D eigenvalue weighted by Gasteiger charge is -2.37. The first-order chi connectivity index (χ1) is 8.35. The molecule has 106 valence electrons. The van der Waals surface area contributed by atoms with E-state index in [0.717, 1.165) is 0 Å². The molecule has 0 bridgehead atoms. The molecule has 0 heterocycles. The van der Waals surface area contributed by atoms with E-state index < -0.39 is 8.32 Å². The third-order valence-corrected chi connectivity index (χ3v) is 4.65. The quantitative estimate of drug-likeness (QED) is 0.566. The van der Waals surface area contributed by atoms with Gasteiger partial charge in [-0.1, -0.05) is 19.3 Å². The number of rotatable bonds is 5. The summed E-state index contributed by atoms with van der Waals surface area (Å²) in [5, 5.41) is 0. The summed E-state index contributed by atoms with van der Waals surface area (Å²) in [7, 11) is -0.170. The predicted octanol–water partition coefficient (Wildman–Crippen LogP) is 3.60. The lowest BCUT2D eigenvalue weighted by atomic mass is 9.81. The SMILES string of the molecule is COC(=O)[C@@H](C)[C@H](O[Si](C)(C)C)C1CCCCC1. The molecule has 3 nitrogen and oxygen atoms in total. The zero-order valence-corrected chi connectivity index (χ0v) is 13.5. The minimum atomic E-state index is -1.63. The van der Waals surface area contributed by atoms with Gasteiger partial charge >= 0.3 is 5.97 Å². The fraction of sp³-hybridized carbons (Fsp3) is 0.929. The highest BCUT2D eigenvalue weighted by molar-refractivity contribution is 6.69. The minimum absolute atomic E-state index is 0.0458. The van der Waals surface area contributed by atoms with E-state index in [9.17, 15) is 4.79 Å². The standard InChI is InChI=1S/C14H28O3Si/c1-11(14(15)16-2)13(17-18(3,4)5)12-9-7-6-8-10-12/h11-13H,6-10H2,1-5H3/t11-,13-/m0/s1. The van der Waals surface area contributed by atoms with Gasteiger partial charge in [-0.15, -0.1) is 0 Å². The molecule has 0 amide bonds. The van der Waals surface area contributed by atoms with Crippen LogP contribution in [-0.2, 0) is 14.0 Å². The van der Waals surface area contributed by atoms with Gasteiger partial charge in [0.1, 0.15) is 0 Å². The smallest absolute Gasteiger partial charge is 0.310 e. The summed E-state index contributed by atoms with van der Waals surface area (Å²) in [6, 6.07) is 0. The van der Waals surface area contributed by atoms with Gasteiger partial charge in [0.15, 0.2) is 8.32 Å². The average molecular weight is 272 g/mol. The van der Waals surface area contributed by atoms with Crippen LogP contribution >= 0.6 is 0 Å². The third-order valence-electron chi connectivity index (χ3n) is 3.67. The number of hydrogen-bond acceptors (Lipinski definition) is 3. The fourth-order valence-electron chi connectivity index (χ4n) is 2.80. The van der Waals surface area contributed by atoms with Crippen molar-refractivity contribution in [2.75, 3.05) is 7.11 Å². The van der Waals surface area contributed by atoms with Crippen LogP contribution in [0.1, 0.15) is 39.0 Å². The van der Waals surface area contributed by atoms with E-state index >= 15 is 0 Å². The summed E-state index contributed by atoms with van der Waals surface area (Å²) in [5.74, 6) is 0.244. The molecule has 1 saturated carbocycles. The van der Waals surface area contributed by atoms with Gasteiger partial charge in [0.05, 0.1) is 19.1 Å². The number of carbonyl (C=O) groups is 1. The first kappa shape index (κ1) is 15.7. The van der Waals surface area contributed by atoms with E-state index in [4.69, 9.17) is 9.16 Å². The van der Waals surface area contributed by atoms with Crippen molar-refractivity contribution in [1.29, 1.82) is 0 Å². The largest absolute Gasteiger partial charge is 0.469 e. The molecule has 0 aromatic carbocycles. The molecule has 0 aliphatic heterocycles. The Balaban J connectivity index is 2.76. The maximum Gasteiger partial charge on any atom is 0.310 e. The molecular weight excluding hydrogens is 244 g/mol. The average Bonchev–Trinajstić information content (AvgIpc) is 2.34. The molecule has 1 fully saturated rings. The van der Waals surface area contributed by atoms with Crippen molar-refractivity contribution >= 4 is 14.3 Å². The van der Waals surface area contributed by atoms with Crippen LogP contribution in [0.4, 0.5) is 0 Å². The van der Waals surface area contributed by atoms with Gasteiger partial charge < -0.3 is 9.16 Å². The maximum absolute atomic E-state index is 11.8. The first-order valence-electron chi connectivity index (χ1n) is 7.11. The molecule has 2 atom stereocenters. The molecule has 0 saturated heterocycles. The summed E-state index contributed by atoms with van der Waals surface area (Å²) >= 11 is 0. The van der Waals surface area contributed by atoms with Crippen molar-refractivity contribution in [3.8, 4) is 0 Å². The predicted molar refractivity (Wildman–Crippen MR) is 76.0 cm³/mol.